The average Bonchev–Trinajstić information content (AvgIpc) is 2.40. The smallest absolute Gasteiger partial charge is 0.213 e. The third kappa shape index (κ3) is 2.71. The van der Waals surface area contributed by atoms with E-state index in [1.54, 1.807) is 13.3 Å². The molecule has 0 amide bonds. The zero-order chi connectivity index (χ0) is 14.9. The van der Waals surface area contributed by atoms with Gasteiger partial charge in [0.25, 0.3) is 0 Å². The van der Waals surface area contributed by atoms with Crippen LogP contribution in [-0.4, -0.2) is 22.1 Å². The fraction of sp³-hybridized carbons (Fsp3) is 0.400. The van der Waals surface area contributed by atoms with Gasteiger partial charge in [0.15, 0.2) is 0 Å². The third-order valence-electron chi connectivity index (χ3n) is 3.07. The first kappa shape index (κ1) is 14.2. The minimum absolute atomic E-state index is 0.159. The number of nitrogens with two attached hydrogens (primary N) is 1. The van der Waals surface area contributed by atoms with E-state index in [0.29, 0.717) is 11.7 Å². The molecular formula is C15H20N4O. The van der Waals surface area contributed by atoms with Crippen LogP contribution in [-0.2, 0) is 5.41 Å². The standard InChI is InChI=1S/C15H20N4O/c1-9-12(10-6-7-17-11(8-10)20-5)18-14(15(2,3)4)19-13(9)16/h6-8H,1-5H3,(H2,16,18,19). The minimum Gasteiger partial charge on any atom is -0.481 e. The number of aromatic nitrogens is 3. The highest BCUT2D eigenvalue weighted by Crippen LogP contribution is 2.29. The van der Waals surface area contributed by atoms with Crippen molar-refractivity contribution in [3.05, 3.63) is 29.7 Å². The SMILES string of the molecule is COc1cc(-c2nc(C(C)(C)C)nc(N)c2C)ccn1. The quantitative estimate of drug-likeness (QED) is 0.909. The Morgan fingerprint density at radius 3 is 2.50 bits per heavy atom. The lowest BCUT2D eigenvalue weighted by molar-refractivity contribution is 0.398. The summed E-state index contributed by atoms with van der Waals surface area (Å²) >= 11 is 0. The molecule has 0 aliphatic carbocycles. The van der Waals surface area contributed by atoms with Gasteiger partial charge in [-0.05, 0) is 13.0 Å². The Morgan fingerprint density at radius 1 is 1.20 bits per heavy atom. The summed E-state index contributed by atoms with van der Waals surface area (Å²) in [6, 6.07) is 3.74. The van der Waals surface area contributed by atoms with Crippen LogP contribution in [0.15, 0.2) is 18.3 Å². The lowest BCUT2D eigenvalue weighted by Crippen LogP contribution is -2.18. The van der Waals surface area contributed by atoms with Gasteiger partial charge in [0.2, 0.25) is 5.88 Å². The van der Waals surface area contributed by atoms with Crippen molar-refractivity contribution < 1.29 is 4.74 Å². The Balaban J connectivity index is 2.63. The number of rotatable bonds is 2. The van der Waals surface area contributed by atoms with Gasteiger partial charge in [-0.3, -0.25) is 0 Å². The maximum absolute atomic E-state index is 6.03. The zero-order valence-electron chi connectivity index (χ0n) is 12.6. The molecule has 5 nitrogen and oxygen atoms in total. The van der Waals surface area contributed by atoms with E-state index >= 15 is 0 Å². The van der Waals surface area contributed by atoms with Crippen LogP contribution in [0.1, 0.15) is 32.2 Å². The van der Waals surface area contributed by atoms with Gasteiger partial charge >= 0.3 is 0 Å². The molecule has 0 aliphatic heterocycles. The summed E-state index contributed by atoms with van der Waals surface area (Å²) in [4.78, 5) is 13.2. The number of nitrogens with zero attached hydrogens (tertiary/aromatic N) is 3. The predicted molar refractivity (Wildman–Crippen MR) is 79.7 cm³/mol. The fourth-order valence-corrected chi connectivity index (χ4v) is 1.82. The molecule has 0 spiro atoms. The Kier molecular flexibility index (Phi) is 3.61. The van der Waals surface area contributed by atoms with Crippen LogP contribution in [0.5, 0.6) is 5.88 Å². The van der Waals surface area contributed by atoms with E-state index in [4.69, 9.17) is 10.5 Å². The molecule has 2 heterocycles. The molecule has 2 aromatic heterocycles. The van der Waals surface area contributed by atoms with E-state index in [-0.39, 0.29) is 5.41 Å². The van der Waals surface area contributed by atoms with Gasteiger partial charge in [-0.15, -0.1) is 0 Å². The number of anilines is 1. The number of ether oxygens (including phenoxy) is 1. The number of nitrogen functional groups attached to an aromatic ring is 1. The van der Waals surface area contributed by atoms with Crippen LogP contribution in [0.4, 0.5) is 5.82 Å². The van der Waals surface area contributed by atoms with E-state index in [2.05, 4.69) is 35.7 Å². The molecule has 106 valence electrons. The van der Waals surface area contributed by atoms with E-state index in [1.807, 2.05) is 19.1 Å². The largest absolute Gasteiger partial charge is 0.481 e. The molecule has 0 saturated heterocycles. The average molecular weight is 272 g/mol. The van der Waals surface area contributed by atoms with Gasteiger partial charge in [-0.2, -0.15) is 0 Å². The normalized spacial score (nSPS) is 11.4. The van der Waals surface area contributed by atoms with Gasteiger partial charge in [0, 0.05) is 28.8 Å². The monoisotopic (exact) mass is 272 g/mol. The molecule has 2 rings (SSSR count). The molecule has 2 aromatic rings. The van der Waals surface area contributed by atoms with Crippen molar-refractivity contribution in [2.24, 2.45) is 0 Å². The molecule has 0 fully saturated rings. The Hall–Kier alpha value is -2.17. The molecule has 20 heavy (non-hydrogen) atoms. The van der Waals surface area contributed by atoms with Crippen LogP contribution in [0.2, 0.25) is 0 Å². The molecule has 5 heteroatoms. The van der Waals surface area contributed by atoms with Gasteiger partial charge in [0.05, 0.1) is 12.8 Å². The van der Waals surface area contributed by atoms with Crippen molar-refractivity contribution in [1.82, 2.24) is 15.0 Å². The van der Waals surface area contributed by atoms with Crippen molar-refractivity contribution in [2.75, 3.05) is 12.8 Å². The summed E-state index contributed by atoms with van der Waals surface area (Å²) in [5.41, 5.74) is 8.48. The van der Waals surface area contributed by atoms with Crippen molar-refractivity contribution in [1.29, 1.82) is 0 Å². The number of hydrogen-bond donors (Lipinski definition) is 1. The van der Waals surface area contributed by atoms with Crippen LogP contribution >= 0.6 is 0 Å². The highest BCUT2D eigenvalue weighted by Gasteiger charge is 2.21. The molecule has 2 N–H and O–H groups in total. The van der Waals surface area contributed by atoms with E-state index in [1.165, 1.54) is 0 Å². The molecule has 0 unspecified atom stereocenters. The van der Waals surface area contributed by atoms with E-state index in [0.717, 1.165) is 22.6 Å². The molecule has 0 aromatic carbocycles. The zero-order valence-corrected chi connectivity index (χ0v) is 12.6. The molecule has 0 saturated carbocycles. The maximum Gasteiger partial charge on any atom is 0.213 e. The molecule has 0 radical (unpaired) electrons. The lowest BCUT2D eigenvalue weighted by atomic mass is 9.95. The number of pyridine rings is 1. The van der Waals surface area contributed by atoms with Crippen molar-refractivity contribution in [3.63, 3.8) is 0 Å². The highest BCUT2D eigenvalue weighted by atomic mass is 16.5. The summed E-state index contributed by atoms with van der Waals surface area (Å²) in [5, 5.41) is 0. The first-order valence-corrected chi connectivity index (χ1v) is 6.48. The first-order valence-electron chi connectivity index (χ1n) is 6.48. The first-order chi connectivity index (χ1) is 9.32. The Morgan fingerprint density at radius 2 is 1.90 bits per heavy atom. The van der Waals surface area contributed by atoms with Crippen LogP contribution in [0.25, 0.3) is 11.3 Å². The van der Waals surface area contributed by atoms with Crippen molar-refractivity contribution in [2.45, 2.75) is 33.1 Å². The van der Waals surface area contributed by atoms with Crippen LogP contribution in [0, 0.1) is 6.92 Å². The lowest BCUT2D eigenvalue weighted by Gasteiger charge is -2.19. The van der Waals surface area contributed by atoms with Gasteiger partial charge < -0.3 is 10.5 Å². The maximum atomic E-state index is 6.03. The summed E-state index contributed by atoms with van der Waals surface area (Å²) in [7, 11) is 1.59. The number of methoxy groups -OCH3 is 1. The van der Waals surface area contributed by atoms with Crippen LogP contribution in [0.3, 0.4) is 0 Å². The van der Waals surface area contributed by atoms with Crippen LogP contribution < -0.4 is 10.5 Å². The predicted octanol–water partition coefficient (Wildman–Crippen LogP) is 2.74. The summed E-state index contributed by atoms with van der Waals surface area (Å²) < 4.78 is 5.16. The third-order valence-corrected chi connectivity index (χ3v) is 3.07. The van der Waals surface area contributed by atoms with E-state index in [9.17, 15) is 0 Å². The van der Waals surface area contributed by atoms with Gasteiger partial charge in [0.1, 0.15) is 11.6 Å². The van der Waals surface area contributed by atoms with E-state index < -0.39 is 0 Å². The molecule has 0 aliphatic rings. The molecule has 0 bridgehead atoms. The van der Waals surface area contributed by atoms with Gasteiger partial charge in [-0.25, -0.2) is 15.0 Å². The fourth-order valence-electron chi connectivity index (χ4n) is 1.82. The van der Waals surface area contributed by atoms with Crippen molar-refractivity contribution in [3.8, 4) is 17.1 Å². The highest BCUT2D eigenvalue weighted by molar-refractivity contribution is 5.67. The summed E-state index contributed by atoms with van der Waals surface area (Å²) in [6.45, 7) is 8.11. The minimum atomic E-state index is -0.159. The number of hydrogen-bond acceptors (Lipinski definition) is 5. The summed E-state index contributed by atoms with van der Waals surface area (Å²) in [6.07, 6.45) is 1.70. The molecule has 0 atom stereocenters. The Bertz CT molecular complexity index is 632. The van der Waals surface area contributed by atoms with Crippen molar-refractivity contribution >= 4 is 5.82 Å². The topological polar surface area (TPSA) is 73.9 Å². The Labute approximate surface area is 119 Å². The second kappa shape index (κ2) is 5.07. The van der Waals surface area contributed by atoms with Gasteiger partial charge in [-0.1, -0.05) is 20.8 Å². The summed E-state index contributed by atoms with van der Waals surface area (Å²) in [5.74, 6) is 1.79. The second-order valence-corrected chi connectivity index (χ2v) is 5.74. The second-order valence-electron chi connectivity index (χ2n) is 5.74. The molecular weight excluding hydrogens is 252 g/mol.